The van der Waals surface area contributed by atoms with Gasteiger partial charge in [-0.25, -0.2) is 8.78 Å². The maximum atomic E-state index is 14.3. The van der Waals surface area contributed by atoms with E-state index in [2.05, 4.69) is 35.9 Å². The summed E-state index contributed by atoms with van der Waals surface area (Å²) in [5.41, 5.74) is 3.40. The summed E-state index contributed by atoms with van der Waals surface area (Å²) in [4.78, 5) is 14.3. The van der Waals surface area contributed by atoms with E-state index in [1.807, 2.05) is 6.07 Å². The van der Waals surface area contributed by atoms with Gasteiger partial charge in [0.25, 0.3) is 5.92 Å². The third-order valence-electron chi connectivity index (χ3n) is 5.61. The molecule has 164 valence electrons. The molecular weight excluding hydrogens is 382 g/mol. The van der Waals surface area contributed by atoms with Crippen molar-refractivity contribution in [2.24, 2.45) is 0 Å². The maximum Gasteiger partial charge on any atom is 0.281 e. The Balaban J connectivity index is 1.94. The summed E-state index contributed by atoms with van der Waals surface area (Å²) in [6.07, 6.45) is 9.16. The molecule has 3 nitrogen and oxygen atoms in total. The van der Waals surface area contributed by atoms with E-state index in [0.29, 0.717) is 6.54 Å². The lowest BCUT2D eigenvalue weighted by Crippen LogP contribution is -2.36. The lowest BCUT2D eigenvalue weighted by Gasteiger charge is -2.25. The van der Waals surface area contributed by atoms with Gasteiger partial charge in [-0.3, -0.25) is 9.69 Å². The molecule has 1 heterocycles. The summed E-state index contributed by atoms with van der Waals surface area (Å²) in [5.74, 6) is -2.70. The minimum atomic E-state index is -2.91. The van der Waals surface area contributed by atoms with Crippen molar-refractivity contribution in [2.75, 3.05) is 6.54 Å². The van der Waals surface area contributed by atoms with Crippen molar-refractivity contribution in [2.45, 2.75) is 71.6 Å². The molecule has 0 amide bonds. The highest BCUT2D eigenvalue weighted by molar-refractivity contribution is 5.81. The van der Waals surface area contributed by atoms with Crippen LogP contribution in [0.4, 0.5) is 8.78 Å². The Morgan fingerprint density at radius 3 is 2.67 bits per heavy atom. The Hall–Kier alpha value is -2.11. The normalized spacial score (nSPS) is 16.1. The zero-order chi connectivity index (χ0) is 22.1. The van der Waals surface area contributed by atoms with Crippen molar-refractivity contribution in [1.82, 2.24) is 10.2 Å². The number of ketones is 1. The second-order valence-corrected chi connectivity index (χ2v) is 8.06. The number of nitrogens with zero attached hydrogens (tertiary/aromatic N) is 1. The summed E-state index contributed by atoms with van der Waals surface area (Å²) in [6, 6.07) is 6.08. The van der Waals surface area contributed by atoms with Crippen LogP contribution in [0.5, 0.6) is 0 Å². The van der Waals surface area contributed by atoms with Gasteiger partial charge < -0.3 is 5.32 Å². The van der Waals surface area contributed by atoms with Crippen LogP contribution in [-0.4, -0.2) is 29.2 Å². The van der Waals surface area contributed by atoms with Gasteiger partial charge in [0.2, 0.25) is 0 Å². The highest BCUT2D eigenvalue weighted by atomic mass is 19.3. The fourth-order valence-corrected chi connectivity index (χ4v) is 3.75. The van der Waals surface area contributed by atoms with Gasteiger partial charge >= 0.3 is 0 Å². The predicted octanol–water partition coefficient (Wildman–Crippen LogP) is 5.56. The number of carbonyl (C=O) groups is 1. The summed E-state index contributed by atoms with van der Waals surface area (Å²) in [7, 11) is 0. The highest BCUT2D eigenvalue weighted by Crippen LogP contribution is 2.28. The Bertz CT molecular complexity index is 798. The van der Waals surface area contributed by atoms with Crippen LogP contribution in [0.25, 0.3) is 0 Å². The van der Waals surface area contributed by atoms with Crippen LogP contribution < -0.4 is 5.32 Å². The first-order chi connectivity index (χ1) is 14.3. The molecule has 1 unspecified atom stereocenters. The molecule has 0 spiro atoms. The first-order valence-corrected chi connectivity index (χ1v) is 10.7. The van der Waals surface area contributed by atoms with Crippen LogP contribution in [0.2, 0.25) is 0 Å². The number of nitrogens with one attached hydrogen (secondary N) is 1. The van der Waals surface area contributed by atoms with Crippen LogP contribution in [0.1, 0.15) is 56.7 Å². The number of unbranched alkanes of at least 4 members (excludes halogenated alkanes) is 1. The Kier molecular flexibility index (Phi) is 9.12. The van der Waals surface area contributed by atoms with E-state index in [-0.39, 0.29) is 17.4 Å². The predicted molar refractivity (Wildman–Crippen MR) is 119 cm³/mol. The lowest BCUT2D eigenvalue weighted by atomic mass is 10.1. The van der Waals surface area contributed by atoms with Gasteiger partial charge in [0, 0.05) is 19.6 Å². The summed E-state index contributed by atoms with van der Waals surface area (Å²) in [5, 5.41) is 2.88. The van der Waals surface area contributed by atoms with Crippen LogP contribution >= 0.6 is 0 Å². The van der Waals surface area contributed by atoms with Crippen LogP contribution in [0.15, 0.2) is 54.7 Å². The van der Waals surface area contributed by atoms with Crippen LogP contribution in [-0.2, 0) is 24.4 Å². The summed E-state index contributed by atoms with van der Waals surface area (Å²) >= 11 is 0. The molecule has 1 aliphatic heterocycles. The SMILES string of the molecule is C=C/C=C\C=C(/C)C(F)(F)CNCc1ccc2c(c1)CN(C(CCCC)C(C)=O)C2. The molecule has 5 heteroatoms. The van der Waals surface area contributed by atoms with Crippen molar-refractivity contribution < 1.29 is 13.6 Å². The Morgan fingerprint density at radius 1 is 1.27 bits per heavy atom. The Labute approximate surface area is 179 Å². The summed E-state index contributed by atoms with van der Waals surface area (Å²) < 4.78 is 28.5. The zero-order valence-corrected chi connectivity index (χ0v) is 18.4. The number of alkyl halides is 2. The molecule has 0 radical (unpaired) electrons. The van der Waals surface area contributed by atoms with E-state index in [9.17, 15) is 13.6 Å². The van der Waals surface area contributed by atoms with Crippen molar-refractivity contribution in [3.8, 4) is 0 Å². The maximum absolute atomic E-state index is 14.3. The molecule has 0 aromatic heterocycles. The first-order valence-electron chi connectivity index (χ1n) is 10.7. The molecule has 0 bridgehead atoms. The van der Waals surface area contributed by atoms with Crippen LogP contribution in [0, 0.1) is 0 Å². The number of hydrogen-bond acceptors (Lipinski definition) is 3. The number of rotatable bonds is 12. The molecular formula is C25H34F2N2O. The fourth-order valence-electron chi connectivity index (χ4n) is 3.75. The molecule has 30 heavy (non-hydrogen) atoms. The standard InChI is InChI=1S/C25H34F2N2O/c1-5-7-9-10-19(3)25(26,27)18-28-15-21-12-13-22-16-29(17-23(22)14-21)24(20(4)30)11-8-6-2/h5,7,9-10,12-14,24,28H,1,6,8,11,15-18H2,2-4H3/b9-7-,19-10+. The van der Waals surface area contributed by atoms with Crippen molar-refractivity contribution in [3.05, 3.63) is 71.3 Å². The zero-order valence-electron chi connectivity index (χ0n) is 18.4. The van der Waals surface area contributed by atoms with E-state index < -0.39 is 12.5 Å². The number of halogens is 2. The number of Topliss-reactive ketones (excluding diaryl/α,β-unsaturated/α-hetero) is 1. The minimum Gasteiger partial charge on any atom is -0.307 e. The molecule has 0 aliphatic carbocycles. The number of fused-ring (bicyclic) bond motifs is 1. The third kappa shape index (κ3) is 6.71. The quantitative estimate of drug-likeness (QED) is 0.453. The lowest BCUT2D eigenvalue weighted by molar-refractivity contribution is -0.122. The molecule has 0 fully saturated rings. The molecule has 1 N–H and O–H groups in total. The molecule has 2 rings (SSSR count). The van der Waals surface area contributed by atoms with Gasteiger partial charge in [0.05, 0.1) is 12.6 Å². The van der Waals surface area contributed by atoms with Crippen molar-refractivity contribution in [1.29, 1.82) is 0 Å². The van der Waals surface area contributed by atoms with Crippen molar-refractivity contribution in [3.63, 3.8) is 0 Å². The average Bonchev–Trinajstić information content (AvgIpc) is 3.10. The number of hydrogen-bond donors (Lipinski definition) is 1. The molecule has 1 atom stereocenters. The molecule has 1 aliphatic rings. The first kappa shape index (κ1) is 24.2. The van der Waals surface area contributed by atoms with Gasteiger partial charge in [-0.1, -0.05) is 68.8 Å². The van der Waals surface area contributed by atoms with Gasteiger partial charge in [0.15, 0.2) is 0 Å². The van der Waals surface area contributed by atoms with E-state index in [0.717, 1.165) is 37.9 Å². The number of allylic oxidation sites excluding steroid dienone is 4. The smallest absolute Gasteiger partial charge is 0.281 e. The molecule has 1 aromatic carbocycles. The van der Waals surface area contributed by atoms with Gasteiger partial charge in [-0.15, -0.1) is 0 Å². The second kappa shape index (κ2) is 11.3. The van der Waals surface area contributed by atoms with E-state index >= 15 is 0 Å². The highest BCUT2D eigenvalue weighted by Gasteiger charge is 2.31. The van der Waals surface area contributed by atoms with E-state index in [4.69, 9.17) is 0 Å². The average molecular weight is 417 g/mol. The van der Waals surface area contributed by atoms with E-state index in [1.54, 1.807) is 25.2 Å². The van der Waals surface area contributed by atoms with Gasteiger partial charge in [-0.05, 0) is 42.5 Å². The number of benzene rings is 1. The molecule has 1 aromatic rings. The minimum absolute atomic E-state index is 0.0139. The molecule has 0 saturated heterocycles. The van der Waals surface area contributed by atoms with Gasteiger partial charge in [-0.2, -0.15) is 0 Å². The topological polar surface area (TPSA) is 32.3 Å². The van der Waals surface area contributed by atoms with Gasteiger partial charge in [0.1, 0.15) is 5.78 Å². The second-order valence-electron chi connectivity index (χ2n) is 8.06. The number of carbonyl (C=O) groups excluding carboxylic acids is 1. The fraction of sp³-hybridized carbons (Fsp3) is 0.480. The third-order valence-corrected chi connectivity index (χ3v) is 5.61. The Morgan fingerprint density at radius 2 is 2.00 bits per heavy atom. The largest absolute Gasteiger partial charge is 0.307 e. The molecule has 0 saturated carbocycles. The van der Waals surface area contributed by atoms with E-state index in [1.165, 1.54) is 24.1 Å². The van der Waals surface area contributed by atoms with Crippen molar-refractivity contribution >= 4 is 5.78 Å². The van der Waals surface area contributed by atoms with Crippen LogP contribution in [0.3, 0.4) is 0 Å². The summed E-state index contributed by atoms with van der Waals surface area (Å²) in [6.45, 7) is 10.2. The monoisotopic (exact) mass is 416 g/mol.